The van der Waals surface area contributed by atoms with E-state index in [0.29, 0.717) is 17.3 Å². The zero-order valence-electron chi connectivity index (χ0n) is 11.6. The van der Waals surface area contributed by atoms with Crippen molar-refractivity contribution in [3.05, 3.63) is 63.6 Å². The maximum atomic E-state index is 12.0. The summed E-state index contributed by atoms with van der Waals surface area (Å²) in [5.74, 6) is 0.573. The predicted molar refractivity (Wildman–Crippen MR) is 87.6 cm³/mol. The van der Waals surface area contributed by atoms with Crippen LogP contribution in [-0.2, 0) is 11.3 Å². The van der Waals surface area contributed by atoms with Gasteiger partial charge in [-0.05, 0) is 35.9 Å². The van der Waals surface area contributed by atoms with Crippen LogP contribution in [0.3, 0.4) is 0 Å². The van der Waals surface area contributed by atoms with Crippen molar-refractivity contribution in [1.82, 2.24) is 4.90 Å². The van der Waals surface area contributed by atoms with Crippen LogP contribution in [0.4, 0.5) is 0 Å². The normalized spacial score (nSPS) is 10.2. The fourth-order valence-electron chi connectivity index (χ4n) is 1.81. The molecule has 0 radical (unpaired) electrons. The molecule has 0 saturated carbocycles. The van der Waals surface area contributed by atoms with Crippen LogP contribution in [0.25, 0.3) is 0 Å². The average molecular weight is 369 g/mol. The zero-order chi connectivity index (χ0) is 15.2. The lowest BCUT2D eigenvalue weighted by molar-refractivity contribution is -0.132. The smallest absolute Gasteiger partial charge is 0.260 e. The first-order valence-corrected chi connectivity index (χ1v) is 7.58. The SMILES string of the molecule is CN(Cc1cccc(Cl)c1)C(=O)COc1cccc(Br)c1. The number of likely N-dealkylation sites (N-methyl/N-ethyl adjacent to an activating group) is 1. The third kappa shape index (κ3) is 5.06. The number of hydrogen-bond donors (Lipinski definition) is 0. The molecule has 0 aromatic heterocycles. The number of carbonyl (C=O) groups is 1. The van der Waals surface area contributed by atoms with Gasteiger partial charge in [0.05, 0.1) is 0 Å². The molecule has 0 bridgehead atoms. The lowest BCUT2D eigenvalue weighted by Gasteiger charge is -2.17. The first-order valence-electron chi connectivity index (χ1n) is 6.41. The second kappa shape index (κ2) is 7.48. The van der Waals surface area contributed by atoms with Gasteiger partial charge in [-0.25, -0.2) is 0 Å². The van der Waals surface area contributed by atoms with E-state index >= 15 is 0 Å². The maximum absolute atomic E-state index is 12.0. The Balaban J connectivity index is 1.88. The molecule has 0 aliphatic carbocycles. The third-order valence-electron chi connectivity index (χ3n) is 2.89. The van der Waals surface area contributed by atoms with E-state index in [9.17, 15) is 4.79 Å². The molecule has 0 aliphatic rings. The summed E-state index contributed by atoms with van der Waals surface area (Å²) in [4.78, 5) is 13.7. The Bertz CT molecular complexity index is 633. The van der Waals surface area contributed by atoms with Crippen molar-refractivity contribution in [1.29, 1.82) is 0 Å². The van der Waals surface area contributed by atoms with Crippen LogP contribution in [0.1, 0.15) is 5.56 Å². The Kier molecular flexibility index (Phi) is 5.65. The van der Waals surface area contributed by atoms with Gasteiger partial charge in [-0.1, -0.05) is 45.7 Å². The Labute approximate surface area is 137 Å². The monoisotopic (exact) mass is 367 g/mol. The van der Waals surface area contributed by atoms with Crippen LogP contribution >= 0.6 is 27.5 Å². The number of rotatable bonds is 5. The van der Waals surface area contributed by atoms with E-state index in [1.54, 1.807) is 11.9 Å². The third-order valence-corrected chi connectivity index (χ3v) is 3.62. The fourth-order valence-corrected chi connectivity index (χ4v) is 2.40. The summed E-state index contributed by atoms with van der Waals surface area (Å²) in [6, 6.07) is 14.9. The van der Waals surface area contributed by atoms with Gasteiger partial charge in [0, 0.05) is 23.1 Å². The van der Waals surface area contributed by atoms with Crippen molar-refractivity contribution < 1.29 is 9.53 Å². The Morgan fingerprint density at radius 1 is 1.24 bits per heavy atom. The molecule has 0 unspecified atom stereocenters. The molecular formula is C16H15BrClNO2. The van der Waals surface area contributed by atoms with Gasteiger partial charge in [0.15, 0.2) is 6.61 Å². The largest absolute Gasteiger partial charge is 0.484 e. The molecule has 0 atom stereocenters. The topological polar surface area (TPSA) is 29.5 Å². The second-order valence-electron chi connectivity index (χ2n) is 4.63. The molecule has 0 spiro atoms. The van der Waals surface area contributed by atoms with E-state index in [0.717, 1.165) is 10.0 Å². The number of hydrogen-bond acceptors (Lipinski definition) is 2. The summed E-state index contributed by atoms with van der Waals surface area (Å²) in [7, 11) is 1.74. The number of halogens is 2. The molecule has 110 valence electrons. The molecule has 5 heteroatoms. The molecule has 1 amide bonds. The van der Waals surface area contributed by atoms with Crippen molar-refractivity contribution in [3.8, 4) is 5.75 Å². The van der Waals surface area contributed by atoms with E-state index in [1.807, 2.05) is 48.5 Å². The average Bonchev–Trinajstić information content (AvgIpc) is 2.45. The van der Waals surface area contributed by atoms with Crippen molar-refractivity contribution in [2.24, 2.45) is 0 Å². The molecule has 3 nitrogen and oxygen atoms in total. The molecule has 0 saturated heterocycles. The lowest BCUT2D eigenvalue weighted by Crippen LogP contribution is -2.30. The Morgan fingerprint density at radius 3 is 2.71 bits per heavy atom. The van der Waals surface area contributed by atoms with Gasteiger partial charge in [-0.15, -0.1) is 0 Å². The van der Waals surface area contributed by atoms with Gasteiger partial charge in [-0.3, -0.25) is 4.79 Å². The zero-order valence-corrected chi connectivity index (χ0v) is 13.9. The maximum Gasteiger partial charge on any atom is 0.260 e. The van der Waals surface area contributed by atoms with E-state index in [1.165, 1.54) is 0 Å². The van der Waals surface area contributed by atoms with Crippen molar-refractivity contribution in [3.63, 3.8) is 0 Å². The highest BCUT2D eigenvalue weighted by Crippen LogP contribution is 2.18. The molecule has 0 aliphatic heterocycles. The summed E-state index contributed by atoms with van der Waals surface area (Å²) in [6.07, 6.45) is 0. The highest BCUT2D eigenvalue weighted by Gasteiger charge is 2.10. The number of amides is 1. The van der Waals surface area contributed by atoms with E-state index in [-0.39, 0.29) is 12.5 Å². The van der Waals surface area contributed by atoms with Gasteiger partial charge in [0.2, 0.25) is 0 Å². The lowest BCUT2D eigenvalue weighted by atomic mass is 10.2. The van der Waals surface area contributed by atoms with Crippen LogP contribution in [0, 0.1) is 0 Å². The van der Waals surface area contributed by atoms with E-state index < -0.39 is 0 Å². The van der Waals surface area contributed by atoms with Gasteiger partial charge >= 0.3 is 0 Å². The minimum Gasteiger partial charge on any atom is -0.484 e. The van der Waals surface area contributed by atoms with Crippen LogP contribution in [0.2, 0.25) is 5.02 Å². The van der Waals surface area contributed by atoms with Crippen molar-refractivity contribution in [2.75, 3.05) is 13.7 Å². The highest BCUT2D eigenvalue weighted by molar-refractivity contribution is 9.10. The first-order chi connectivity index (χ1) is 10.0. The molecular weight excluding hydrogens is 354 g/mol. The Hall–Kier alpha value is -1.52. The van der Waals surface area contributed by atoms with Crippen molar-refractivity contribution in [2.45, 2.75) is 6.54 Å². The Morgan fingerprint density at radius 2 is 2.00 bits per heavy atom. The van der Waals surface area contributed by atoms with Gasteiger partial charge in [0.25, 0.3) is 5.91 Å². The standard InChI is InChI=1S/C16H15BrClNO2/c1-19(10-12-4-2-6-14(18)8-12)16(20)11-21-15-7-3-5-13(17)9-15/h2-9H,10-11H2,1H3. The summed E-state index contributed by atoms with van der Waals surface area (Å²) in [5.41, 5.74) is 0.987. The van der Waals surface area contributed by atoms with Crippen LogP contribution in [0.15, 0.2) is 53.0 Å². The summed E-state index contributed by atoms with van der Waals surface area (Å²) in [6.45, 7) is 0.509. The van der Waals surface area contributed by atoms with Crippen LogP contribution < -0.4 is 4.74 Å². The highest BCUT2D eigenvalue weighted by atomic mass is 79.9. The molecule has 2 aromatic carbocycles. The molecule has 0 heterocycles. The predicted octanol–water partition coefficient (Wildman–Crippen LogP) is 4.14. The van der Waals surface area contributed by atoms with E-state index in [2.05, 4.69) is 15.9 Å². The summed E-state index contributed by atoms with van der Waals surface area (Å²) >= 11 is 9.29. The number of nitrogens with zero attached hydrogens (tertiary/aromatic N) is 1. The molecule has 0 fully saturated rings. The summed E-state index contributed by atoms with van der Waals surface area (Å²) in [5, 5.41) is 0.665. The van der Waals surface area contributed by atoms with Crippen LogP contribution in [0.5, 0.6) is 5.75 Å². The quantitative estimate of drug-likeness (QED) is 0.794. The summed E-state index contributed by atoms with van der Waals surface area (Å²) < 4.78 is 6.40. The van der Waals surface area contributed by atoms with Gasteiger partial charge in [-0.2, -0.15) is 0 Å². The molecule has 0 N–H and O–H groups in total. The minimum atomic E-state index is -0.0880. The van der Waals surface area contributed by atoms with Gasteiger partial charge in [0.1, 0.15) is 5.75 Å². The van der Waals surface area contributed by atoms with Gasteiger partial charge < -0.3 is 9.64 Å². The number of ether oxygens (including phenoxy) is 1. The molecule has 2 aromatic rings. The number of benzene rings is 2. The second-order valence-corrected chi connectivity index (χ2v) is 5.98. The van der Waals surface area contributed by atoms with Crippen LogP contribution in [-0.4, -0.2) is 24.5 Å². The number of carbonyl (C=O) groups excluding carboxylic acids is 1. The molecule has 2 rings (SSSR count). The molecule has 21 heavy (non-hydrogen) atoms. The first kappa shape index (κ1) is 15.9. The van der Waals surface area contributed by atoms with Crippen molar-refractivity contribution >= 4 is 33.4 Å². The fraction of sp³-hybridized carbons (Fsp3) is 0.188. The van der Waals surface area contributed by atoms with E-state index in [4.69, 9.17) is 16.3 Å². The minimum absolute atomic E-state index is 0.00746.